The Hall–Kier alpha value is -3.24. The highest BCUT2D eigenvalue weighted by molar-refractivity contribution is 5.47. The number of aromatic nitrogens is 4. The van der Waals surface area contributed by atoms with Crippen molar-refractivity contribution in [3.8, 4) is 5.69 Å². The molecule has 0 aliphatic carbocycles. The van der Waals surface area contributed by atoms with Crippen LogP contribution in [0.25, 0.3) is 11.5 Å². The number of nitrogens with zero attached hydrogens (tertiary/aromatic N) is 4. The number of hydrogen-bond donors (Lipinski definition) is 0. The van der Waals surface area contributed by atoms with Gasteiger partial charge >= 0.3 is 11.4 Å². The Morgan fingerprint density at radius 1 is 1.00 bits per heavy atom. The molecule has 2 heterocycles. The lowest BCUT2D eigenvalue weighted by Crippen LogP contribution is -2.41. The molecule has 0 spiro atoms. The molecular formula is C16H14F4N4O3. The molecule has 0 bridgehead atoms. The normalized spacial score (nSPS) is 10.6. The fourth-order valence-electron chi connectivity index (χ4n) is 2.36. The molecule has 0 radical (unpaired) electrons. The van der Waals surface area contributed by atoms with E-state index in [0.717, 1.165) is 7.05 Å². The summed E-state index contributed by atoms with van der Waals surface area (Å²) < 4.78 is 49.4. The van der Waals surface area contributed by atoms with Crippen molar-refractivity contribution in [3.63, 3.8) is 0 Å². The largest absolute Gasteiger partial charge is 0.354 e. The SMILES string of the molecule is Cc1cc(F)c(-n2c(=O)cc(F)n3c(=O)n(C)c(=O)nc23)cc1C.FCF. The standard InChI is InChI=1S/C15H12F2N4O3.CH2F2/c1-7-4-9(16)10(5-8(7)2)20-12(22)6-11(17)21-13(20)18-14(23)19(3)15(21)24;2-1-3/h4-6H,1-3H3;1H2. The Labute approximate surface area is 148 Å². The van der Waals surface area contributed by atoms with Gasteiger partial charge in [0.05, 0.1) is 11.8 Å². The smallest absolute Gasteiger partial charge is 0.269 e. The Morgan fingerprint density at radius 3 is 2.15 bits per heavy atom. The number of rotatable bonds is 1. The molecule has 0 aliphatic rings. The van der Waals surface area contributed by atoms with Crippen molar-refractivity contribution in [2.45, 2.75) is 13.8 Å². The van der Waals surface area contributed by atoms with E-state index in [4.69, 9.17) is 0 Å². The van der Waals surface area contributed by atoms with Crippen LogP contribution in [0.5, 0.6) is 0 Å². The lowest BCUT2D eigenvalue weighted by Gasteiger charge is -2.13. The van der Waals surface area contributed by atoms with Crippen molar-refractivity contribution in [1.82, 2.24) is 18.5 Å². The van der Waals surface area contributed by atoms with E-state index in [0.29, 0.717) is 30.7 Å². The first kappa shape index (κ1) is 20.1. The molecule has 3 rings (SSSR count). The van der Waals surface area contributed by atoms with Gasteiger partial charge in [-0.05, 0) is 37.1 Å². The van der Waals surface area contributed by atoms with Crippen molar-refractivity contribution < 1.29 is 17.6 Å². The second-order valence-electron chi connectivity index (χ2n) is 5.50. The van der Waals surface area contributed by atoms with E-state index in [2.05, 4.69) is 4.98 Å². The first-order valence-electron chi connectivity index (χ1n) is 7.44. The average molecular weight is 386 g/mol. The molecule has 3 aromatic rings. The van der Waals surface area contributed by atoms with Gasteiger partial charge in [0.15, 0.2) is 0 Å². The van der Waals surface area contributed by atoms with Gasteiger partial charge in [-0.15, -0.1) is 0 Å². The Morgan fingerprint density at radius 2 is 1.56 bits per heavy atom. The number of hydrogen-bond acceptors (Lipinski definition) is 4. The van der Waals surface area contributed by atoms with Crippen LogP contribution in [0.3, 0.4) is 0 Å². The van der Waals surface area contributed by atoms with E-state index in [-0.39, 0.29) is 5.69 Å². The number of halogens is 4. The van der Waals surface area contributed by atoms with Gasteiger partial charge in [-0.25, -0.2) is 36.3 Å². The molecule has 27 heavy (non-hydrogen) atoms. The predicted octanol–water partition coefficient (Wildman–Crippen LogP) is 1.32. The van der Waals surface area contributed by atoms with Crippen LogP contribution < -0.4 is 16.9 Å². The molecular weight excluding hydrogens is 372 g/mol. The Balaban J connectivity index is 0.000000817. The highest BCUT2D eigenvalue weighted by Crippen LogP contribution is 2.18. The Kier molecular flexibility index (Phi) is 5.62. The van der Waals surface area contributed by atoms with Crippen LogP contribution in [0, 0.1) is 25.6 Å². The molecule has 11 heteroatoms. The number of aryl methyl sites for hydroxylation is 2. The predicted molar refractivity (Wildman–Crippen MR) is 88.8 cm³/mol. The third kappa shape index (κ3) is 3.52. The molecule has 0 amide bonds. The minimum absolute atomic E-state index is 0.222. The minimum Gasteiger partial charge on any atom is -0.269 e. The monoisotopic (exact) mass is 386 g/mol. The molecule has 0 saturated carbocycles. The molecule has 0 saturated heterocycles. The summed E-state index contributed by atoms with van der Waals surface area (Å²) in [7, 11) is 1.12. The van der Waals surface area contributed by atoms with E-state index >= 15 is 0 Å². The van der Waals surface area contributed by atoms with Crippen molar-refractivity contribution in [3.05, 3.63) is 72.4 Å². The molecule has 0 unspecified atom stereocenters. The van der Waals surface area contributed by atoms with Gasteiger partial charge in [0.1, 0.15) is 5.82 Å². The van der Waals surface area contributed by atoms with Crippen LogP contribution in [-0.4, -0.2) is 25.4 Å². The highest BCUT2D eigenvalue weighted by atomic mass is 19.3. The minimum atomic E-state index is -1.75. The number of benzene rings is 1. The fraction of sp³-hybridized carbons (Fsp3) is 0.250. The topological polar surface area (TPSA) is 78.4 Å². The zero-order valence-electron chi connectivity index (χ0n) is 14.5. The molecule has 2 aromatic heterocycles. The lowest BCUT2D eigenvalue weighted by atomic mass is 10.1. The van der Waals surface area contributed by atoms with Crippen molar-refractivity contribution in [2.24, 2.45) is 7.05 Å². The lowest BCUT2D eigenvalue weighted by molar-refractivity contribution is 0.295. The molecule has 1 aromatic carbocycles. The first-order chi connectivity index (χ1) is 12.6. The third-order valence-corrected chi connectivity index (χ3v) is 3.84. The summed E-state index contributed by atoms with van der Waals surface area (Å²) in [5, 5.41) is 0. The van der Waals surface area contributed by atoms with E-state index < -0.39 is 41.4 Å². The summed E-state index contributed by atoms with van der Waals surface area (Å²) in [6.07, 6.45) is 0. The molecule has 0 aliphatic heterocycles. The van der Waals surface area contributed by atoms with Crippen LogP contribution in [0.15, 0.2) is 32.6 Å². The summed E-state index contributed by atoms with van der Waals surface area (Å²) in [5.41, 5.74) is -1.86. The van der Waals surface area contributed by atoms with Gasteiger partial charge in [-0.3, -0.25) is 4.79 Å². The zero-order chi connectivity index (χ0) is 20.5. The molecule has 0 N–H and O–H groups in total. The molecule has 0 atom stereocenters. The van der Waals surface area contributed by atoms with E-state index in [1.54, 1.807) is 13.8 Å². The van der Waals surface area contributed by atoms with Crippen LogP contribution in [-0.2, 0) is 7.05 Å². The van der Waals surface area contributed by atoms with Gasteiger partial charge in [0.25, 0.3) is 5.56 Å². The maximum Gasteiger partial charge on any atom is 0.354 e. The van der Waals surface area contributed by atoms with Crippen LogP contribution in [0.2, 0.25) is 0 Å². The second-order valence-corrected chi connectivity index (χ2v) is 5.50. The maximum absolute atomic E-state index is 14.4. The van der Waals surface area contributed by atoms with Crippen molar-refractivity contribution in [1.29, 1.82) is 0 Å². The van der Waals surface area contributed by atoms with Crippen LogP contribution in [0.4, 0.5) is 17.6 Å². The first-order valence-corrected chi connectivity index (χ1v) is 7.44. The third-order valence-electron chi connectivity index (χ3n) is 3.84. The molecule has 144 valence electrons. The maximum atomic E-state index is 14.4. The Bertz CT molecular complexity index is 1200. The van der Waals surface area contributed by atoms with E-state index in [1.165, 1.54) is 12.1 Å². The number of alkyl halides is 2. The van der Waals surface area contributed by atoms with Crippen LogP contribution in [0.1, 0.15) is 11.1 Å². The quantitative estimate of drug-likeness (QED) is 0.467. The van der Waals surface area contributed by atoms with Gasteiger partial charge in [0.2, 0.25) is 18.7 Å². The zero-order valence-corrected chi connectivity index (χ0v) is 14.5. The van der Waals surface area contributed by atoms with Crippen molar-refractivity contribution in [2.75, 3.05) is 6.93 Å². The van der Waals surface area contributed by atoms with E-state index in [9.17, 15) is 31.9 Å². The van der Waals surface area contributed by atoms with Gasteiger partial charge in [0, 0.05) is 7.05 Å². The van der Waals surface area contributed by atoms with E-state index in [1.807, 2.05) is 0 Å². The second kappa shape index (κ2) is 7.56. The summed E-state index contributed by atoms with van der Waals surface area (Å²) >= 11 is 0. The van der Waals surface area contributed by atoms with Gasteiger partial charge in [-0.2, -0.15) is 9.37 Å². The van der Waals surface area contributed by atoms with Crippen LogP contribution >= 0.6 is 0 Å². The van der Waals surface area contributed by atoms with Crippen molar-refractivity contribution >= 4 is 5.78 Å². The summed E-state index contributed by atoms with van der Waals surface area (Å²) in [4.78, 5) is 39.6. The summed E-state index contributed by atoms with van der Waals surface area (Å²) in [6.45, 7) is 1.64. The number of fused-ring (bicyclic) bond motifs is 1. The highest BCUT2D eigenvalue weighted by Gasteiger charge is 2.18. The molecule has 7 nitrogen and oxygen atoms in total. The summed E-state index contributed by atoms with van der Waals surface area (Å²) in [6, 6.07) is 3.11. The van der Waals surface area contributed by atoms with Gasteiger partial charge in [-0.1, -0.05) is 0 Å². The van der Waals surface area contributed by atoms with Gasteiger partial charge < -0.3 is 0 Å². The summed E-state index contributed by atoms with van der Waals surface area (Å²) in [5.74, 6) is -2.54. The molecule has 0 fully saturated rings. The fourth-order valence-corrected chi connectivity index (χ4v) is 2.36. The average Bonchev–Trinajstić information content (AvgIpc) is 2.57.